The standard InChI is InChI=1S/C21H25N3O3/c22-11-16-4-3-5-18(10-16)20(26)24-14-21(15-24)8-7-17(13-27-21)12-23-9-2-1-6-19(23)25/h3-5,10,17H,1-2,6-9,12-15H2/t17-/m1/s1. The van der Waals surface area contributed by atoms with Crippen molar-refractivity contribution in [3.05, 3.63) is 35.4 Å². The van der Waals surface area contributed by atoms with Gasteiger partial charge in [0, 0.05) is 31.0 Å². The summed E-state index contributed by atoms with van der Waals surface area (Å²) < 4.78 is 6.17. The third-order valence-corrected chi connectivity index (χ3v) is 6.02. The predicted molar refractivity (Wildman–Crippen MR) is 98.9 cm³/mol. The van der Waals surface area contributed by atoms with Crippen LogP contribution < -0.4 is 0 Å². The molecule has 0 N–H and O–H groups in total. The number of amides is 2. The first-order chi connectivity index (χ1) is 13.1. The van der Waals surface area contributed by atoms with E-state index in [1.807, 2.05) is 4.90 Å². The summed E-state index contributed by atoms with van der Waals surface area (Å²) in [6.45, 7) is 3.56. The minimum atomic E-state index is -0.217. The van der Waals surface area contributed by atoms with Gasteiger partial charge in [-0.25, -0.2) is 0 Å². The number of benzene rings is 1. The molecule has 6 heteroatoms. The molecule has 1 aromatic carbocycles. The summed E-state index contributed by atoms with van der Waals surface area (Å²) in [6, 6.07) is 8.90. The average molecular weight is 367 g/mol. The Kier molecular flexibility index (Phi) is 4.88. The molecule has 3 saturated heterocycles. The molecule has 27 heavy (non-hydrogen) atoms. The summed E-state index contributed by atoms with van der Waals surface area (Å²) >= 11 is 0. The summed E-state index contributed by atoms with van der Waals surface area (Å²) in [4.78, 5) is 28.4. The molecule has 1 aromatic rings. The van der Waals surface area contributed by atoms with Crippen molar-refractivity contribution < 1.29 is 14.3 Å². The fourth-order valence-electron chi connectivity index (χ4n) is 4.37. The Balaban J connectivity index is 1.27. The Labute approximate surface area is 159 Å². The van der Waals surface area contributed by atoms with Gasteiger partial charge in [-0.05, 0) is 43.9 Å². The van der Waals surface area contributed by atoms with E-state index in [1.165, 1.54) is 0 Å². The van der Waals surface area contributed by atoms with E-state index in [4.69, 9.17) is 10.00 Å². The number of nitriles is 1. The second kappa shape index (κ2) is 7.32. The first-order valence-electron chi connectivity index (χ1n) is 9.80. The van der Waals surface area contributed by atoms with Crippen LogP contribution in [0.4, 0.5) is 0 Å². The highest BCUT2D eigenvalue weighted by Crippen LogP contribution is 2.37. The normalized spacial score (nSPS) is 24.4. The predicted octanol–water partition coefficient (Wildman–Crippen LogP) is 2.19. The number of ether oxygens (including phenoxy) is 1. The van der Waals surface area contributed by atoms with Crippen molar-refractivity contribution in [3.8, 4) is 6.07 Å². The maximum absolute atomic E-state index is 12.6. The SMILES string of the molecule is N#Cc1cccc(C(=O)N2CC3(CC[C@H](CN4CCCCC4=O)CO3)C2)c1. The van der Waals surface area contributed by atoms with E-state index in [-0.39, 0.29) is 17.4 Å². The molecule has 0 radical (unpaired) electrons. The lowest BCUT2D eigenvalue weighted by Crippen LogP contribution is -2.66. The van der Waals surface area contributed by atoms with Crippen molar-refractivity contribution in [2.24, 2.45) is 5.92 Å². The fraction of sp³-hybridized carbons (Fsp3) is 0.571. The average Bonchev–Trinajstić information content (AvgIpc) is 2.68. The van der Waals surface area contributed by atoms with Gasteiger partial charge in [0.2, 0.25) is 5.91 Å². The number of likely N-dealkylation sites (tertiary alicyclic amines) is 2. The lowest BCUT2D eigenvalue weighted by atomic mass is 9.82. The third kappa shape index (κ3) is 3.70. The van der Waals surface area contributed by atoms with Crippen molar-refractivity contribution >= 4 is 11.8 Å². The highest BCUT2D eigenvalue weighted by Gasteiger charge is 2.48. The van der Waals surface area contributed by atoms with Gasteiger partial charge in [-0.15, -0.1) is 0 Å². The van der Waals surface area contributed by atoms with E-state index in [0.717, 1.165) is 38.8 Å². The number of hydrogen-bond acceptors (Lipinski definition) is 4. The molecule has 4 rings (SSSR count). The number of piperidine rings is 1. The van der Waals surface area contributed by atoms with Gasteiger partial charge in [-0.2, -0.15) is 5.26 Å². The Bertz CT molecular complexity index is 769. The molecule has 0 bridgehead atoms. The summed E-state index contributed by atoms with van der Waals surface area (Å²) in [5.41, 5.74) is 0.839. The lowest BCUT2D eigenvalue weighted by Gasteiger charge is -2.53. The van der Waals surface area contributed by atoms with Gasteiger partial charge < -0.3 is 14.5 Å². The second-order valence-electron chi connectivity index (χ2n) is 8.05. The molecule has 3 aliphatic heterocycles. The van der Waals surface area contributed by atoms with Crippen molar-refractivity contribution in [1.29, 1.82) is 5.26 Å². The van der Waals surface area contributed by atoms with Crippen LogP contribution in [-0.4, -0.2) is 60.0 Å². The molecule has 0 aromatic heterocycles. The van der Waals surface area contributed by atoms with Crippen LogP contribution in [0.5, 0.6) is 0 Å². The van der Waals surface area contributed by atoms with E-state index in [9.17, 15) is 9.59 Å². The summed E-state index contributed by atoms with van der Waals surface area (Å²) in [7, 11) is 0. The van der Waals surface area contributed by atoms with Crippen LogP contribution in [0.1, 0.15) is 48.0 Å². The monoisotopic (exact) mass is 367 g/mol. The molecule has 1 atom stereocenters. The van der Waals surface area contributed by atoms with Crippen LogP contribution >= 0.6 is 0 Å². The van der Waals surface area contributed by atoms with Crippen molar-refractivity contribution in [2.75, 3.05) is 32.8 Å². The summed E-state index contributed by atoms with van der Waals surface area (Å²) in [6.07, 6.45) is 4.77. The van der Waals surface area contributed by atoms with Crippen LogP contribution in [0.2, 0.25) is 0 Å². The molecule has 3 aliphatic rings. The number of rotatable bonds is 3. The van der Waals surface area contributed by atoms with Crippen molar-refractivity contribution in [1.82, 2.24) is 9.80 Å². The molecule has 0 saturated carbocycles. The zero-order valence-corrected chi connectivity index (χ0v) is 15.5. The number of hydrogen-bond donors (Lipinski definition) is 0. The Hall–Kier alpha value is -2.39. The Morgan fingerprint density at radius 2 is 2.19 bits per heavy atom. The highest BCUT2D eigenvalue weighted by molar-refractivity contribution is 5.95. The van der Waals surface area contributed by atoms with Crippen LogP contribution in [-0.2, 0) is 9.53 Å². The van der Waals surface area contributed by atoms with E-state index in [2.05, 4.69) is 6.07 Å². The van der Waals surface area contributed by atoms with Gasteiger partial charge in [-0.1, -0.05) is 6.07 Å². The van der Waals surface area contributed by atoms with Crippen LogP contribution in [0.15, 0.2) is 24.3 Å². The highest BCUT2D eigenvalue weighted by atomic mass is 16.5. The van der Waals surface area contributed by atoms with Gasteiger partial charge in [0.05, 0.1) is 31.3 Å². The fourth-order valence-corrected chi connectivity index (χ4v) is 4.37. The molecule has 142 valence electrons. The zero-order valence-electron chi connectivity index (χ0n) is 15.5. The zero-order chi connectivity index (χ0) is 18.9. The van der Waals surface area contributed by atoms with Gasteiger partial charge in [0.25, 0.3) is 5.91 Å². The van der Waals surface area contributed by atoms with E-state index in [0.29, 0.717) is 43.2 Å². The van der Waals surface area contributed by atoms with Crippen LogP contribution in [0, 0.1) is 17.2 Å². The quantitative estimate of drug-likeness (QED) is 0.821. The van der Waals surface area contributed by atoms with Gasteiger partial charge in [-0.3, -0.25) is 9.59 Å². The maximum atomic E-state index is 12.6. The molecule has 2 amide bonds. The number of nitrogens with zero attached hydrogens (tertiary/aromatic N) is 3. The number of carbonyl (C=O) groups is 2. The third-order valence-electron chi connectivity index (χ3n) is 6.02. The number of carbonyl (C=O) groups excluding carboxylic acids is 2. The molecule has 0 aliphatic carbocycles. The first kappa shape index (κ1) is 18.0. The maximum Gasteiger partial charge on any atom is 0.254 e. The summed E-state index contributed by atoms with van der Waals surface area (Å²) in [5, 5.41) is 8.99. The first-order valence-corrected chi connectivity index (χ1v) is 9.80. The molecule has 3 fully saturated rings. The molecular weight excluding hydrogens is 342 g/mol. The van der Waals surface area contributed by atoms with E-state index >= 15 is 0 Å². The topological polar surface area (TPSA) is 73.6 Å². The van der Waals surface area contributed by atoms with Crippen LogP contribution in [0.25, 0.3) is 0 Å². The summed E-state index contributed by atoms with van der Waals surface area (Å²) in [5.74, 6) is 0.638. The molecule has 1 spiro atoms. The minimum Gasteiger partial charge on any atom is -0.371 e. The lowest BCUT2D eigenvalue weighted by molar-refractivity contribution is -0.170. The molecule has 3 heterocycles. The van der Waals surface area contributed by atoms with Crippen LogP contribution in [0.3, 0.4) is 0 Å². The largest absolute Gasteiger partial charge is 0.371 e. The molecule has 6 nitrogen and oxygen atoms in total. The smallest absolute Gasteiger partial charge is 0.254 e. The van der Waals surface area contributed by atoms with Crippen molar-refractivity contribution in [3.63, 3.8) is 0 Å². The minimum absolute atomic E-state index is 0.0395. The van der Waals surface area contributed by atoms with E-state index in [1.54, 1.807) is 29.2 Å². The Morgan fingerprint density at radius 1 is 1.33 bits per heavy atom. The molecule has 0 unspecified atom stereocenters. The van der Waals surface area contributed by atoms with Gasteiger partial charge in [0.15, 0.2) is 0 Å². The van der Waals surface area contributed by atoms with Crippen molar-refractivity contribution in [2.45, 2.75) is 37.7 Å². The van der Waals surface area contributed by atoms with Gasteiger partial charge in [0.1, 0.15) is 5.60 Å². The van der Waals surface area contributed by atoms with E-state index < -0.39 is 0 Å². The second-order valence-corrected chi connectivity index (χ2v) is 8.05. The van der Waals surface area contributed by atoms with Gasteiger partial charge >= 0.3 is 0 Å². The molecular formula is C21H25N3O3. The Morgan fingerprint density at radius 3 is 2.89 bits per heavy atom.